The summed E-state index contributed by atoms with van der Waals surface area (Å²) in [6.45, 7) is 1.20. The predicted molar refractivity (Wildman–Crippen MR) is 72.1 cm³/mol. The molecule has 0 aromatic heterocycles. The van der Waals surface area contributed by atoms with E-state index >= 15 is 0 Å². The molecule has 1 aliphatic heterocycles. The van der Waals surface area contributed by atoms with Crippen molar-refractivity contribution < 1.29 is 18.3 Å². The van der Waals surface area contributed by atoms with Crippen LogP contribution < -0.4 is 0 Å². The Morgan fingerprint density at radius 3 is 2.53 bits per heavy atom. The van der Waals surface area contributed by atoms with Crippen LogP contribution in [0.3, 0.4) is 0 Å². The summed E-state index contributed by atoms with van der Waals surface area (Å²) in [7, 11) is 1.71. The maximum atomic E-state index is 12.4. The van der Waals surface area contributed by atoms with Gasteiger partial charge in [0.2, 0.25) is 0 Å². The highest BCUT2D eigenvalue weighted by Gasteiger charge is 2.36. The SMILES string of the molecule is CN(C)CC1CCCN1S(=O)(=O)N(C)CCC(=O)O. The highest BCUT2D eigenvalue weighted by molar-refractivity contribution is 7.86. The third-order valence-electron chi connectivity index (χ3n) is 3.23. The van der Waals surface area contributed by atoms with E-state index < -0.39 is 16.2 Å². The molecule has 0 amide bonds. The Morgan fingerprint density at radius 1 is 1.37 bits per heavy atom. The van der Waals surface area contributed by atoms with E-state index in [0.29, 0.717) is 13.1 Å². The first-order valence-electron chi connectivity index (χ1n) is 6.34. The van der Waals surface area contributed by atoms with Crippen LogP contribution in [0.1, 0.15) is 19.3 Å². The zero-order valence-corrected chi connectivity index (χ0v) is 12.6. The van der Waals surface area contributed by atoms with Crippen LogP contribution in [-0.4, -0.2) is 79.8 Å². The third kappa shape index (κ3) is 4.41. The molecule has 1 unspecified atom stereocenters. The molecule has 0 aromatic rings. The Morgan fingerprint density at radius 2 is 2.00 bits per heavy atom. The van der Waals surface area contributed by atoms with Crippen LogP contribution in [0.5, 0.6) is 0 Å². The monoisotopic (exact) mass is 293 g/mol. The van der Waals surface area contributed by atoms with Gasteiger partial charge in [-0.3, -0.25) is 4.79 Å². The molecule has 0 aliphatic carbocycles. The van der Waals surface area contributed by atoms with E-state index in [-0.39, 0.29) is 19.0 Å². The number of carboxylic acids is 1. The van der Waals surface area contributed by atoms with Gasteiger partial charge >= 0.3 is 5.97 Å². The lowest BCUT2D eigenvalue weighted by Gasteiger charge is -2.30. The smallest absolute Gasteiger partial charge is 0.304 e. The normalized spacial score (nSPS) is 21.4. The van der Waals surface area contributed by atoms with Gasteiger partial charge in [-0.1, -0.05) is 0 Å². The number of hydrogen-bond donors (Lipinski definition) is 1. The Bertz CT molecular complexity index is 410. The van der Waals surface area contributed by atoms with Crippen LogP contribution in [0.15, 0.2) is 0 Å². The highest BCUT2D eigenvalue weighted by Crippen LogP contribution is 2.23. The molecule has 1 fully saturated rings. The lowest BCUT2D eigenvalue weighted by Crippen LogP contribution is -2.47. The lowest BCUT2D eigenvalue weighted by atomic mass is 10.2. The van der Waals surface area contributed by atoms with Gasteiger partial charge in [0.25, 0.3) is 10.2 Å². The molecule has 1 saturated heterocycles. The number of likely N-dealkylation sites (N-methyl/N-ethyl adjacent to an activating group) is 1. The van der Waals surface area contributed by atoms with E-state index in [1.54, 1.807) is 0 Å². The van der Waals surface area contributed by atoms with Crippen molar-refractivity contribution in [1.82, 2.24) is 13.5 Å². The van der Waals surface area contributed by atoms with E-state index in [0.717, 1.165) is 17.1 Å². The second-order valence-corrected chi connectivity index (χ2v) is 7.13. The van der Waals surface area contributed by atoms with Crippen LogP contribution in [0.4, 0.5) is 0 Å². The minimum Gasteiger partial charge on any atom is -0.481 e. The van der Waals surface area contributed by atoms with Gasteiger partial charge in [0.15, 0.2) is 0 Å². The van der Waals surface area contributed by atoms with Crippen LogP contribution >= 0.6 is 0 Å². The Balaban J connectivity index is 2.72. The molecule has 1 N–H and O–H groups in total. The van der Waals surface area contributed by atoms with Gasteiger partial charge in [0, 0.05) is 32.7 Å². The molecule has 19 heavy (non-hydrogen) atoms. The van der Waals surface area contributed by atoms with E-state index in [9.17, 15) is 13.2 Å². The van der Waals surface area contributed by atoms with Gasteiger partial charge in [0.1, 0.15) is 0 Å². The molecule has 1 atom stereocenters. The Kier molecular flexibility index (Phi) is 5.72. The number of carbonyl (C=O) groups is 1. The molecular weight excluding hydrogens is 270 g/mol. The summed E-state index contributed by atoms with van der Waals surface area (Å²) in [4.78, 5) is 12.5. The van der Waals surface area contributed by atoms with Gasteiger partial charge in [-0.15, -0.1) is 0 Å². The number of carboxylic acid groups (broad SMARTS) is 1. The fourth-order valence-electron chi connectivity index (χ4n) is 2.26. The standard InChI is InChI=1S/C11H23N3O4S/c1-12(2)9-10-5-4-7-14(10)19(17,18)13(3)8-6-11(15)16/h10H,4-9H2,1-3H3,(H,15,16). The summed E-state index contributed by atoms with van der Waals surface area (Å²) in [5.41, 5.74) is 0. The number of hydrogen-bond acceptors (Lipinski definition) is 4. The fraction of sp³-hybridized carbons (Fsp3) is 0.909. The van der Waals surface area contributed by atoms with Crippen molar-refractivity contribution in [2.24, 2.45) is 0 Å². The minimum atomic E-state index is -3.55. The van der Waals surface area contributed by atoms with Crippen LogP contribution in [0.2, 0.25) is 0 Å². The summed E-state index contributed by atoms with van der Waals surface area (Å²) in [5.74, 6) is -0.992. The summed E-state index contributed by atoms with van der Waals surface area (Å²) in [5, 5.41) is 8.62. The quantitative estimate of drug-likeness (QED) is 0.695. The van der Waals surface area contributed by atoms with Crippen LogP contribution in [-0.2, 0) is 15.0 Å². The first-order valence-corrected chi connectivity index (χ1v) is 7.74. The molecule has 8 heteroatoms. The van der Waals surface area contributed by atoms with Crippen molar-refractivity contribution in [3.8, 4) is 0 Å². The zero-order valence-electron chi connectivity index (χ0n) is 11.7. The van der Waals surface area contributed by atoms with Gasteiger partial charge in [-0.05, 0) is 26.9 Å². The van der Waals surface area contributed by atoms with E-state index in [4.69, 9.17) is 5.11 Å². The molecule has 0 bridgehead atoms. The summed E-state index contributed by atoms with van der Waals surface area (Å²) in [6, 6.07) is -0.0210. The lowest BCUT2D eigenvalue weighted by molar-refractivity contribution is -0.137. The van der Waals surface area contributed by atoms with E-state index in [1.165, 1.54) is 11.4 Å². The topological polar surface area (TPSA) is 81.2 Å². The van der Waals surface area contributed by atoms with Gasteiger partial charge in [-0.25, -0.2) is 0 Å². The average Bonchev–Trinajstić information content (AvgIpc) is 2.73. The number of aliphatic carboxylic acids is 1. The first kappa shape index (κ1) is 16.4. The zero-order chi connectivity index (χ0) is 14.6. The molecule has 7 nitrogen and oxygen atoms in total. The van der Waals surface area contributed by atoms with Crippen molar-refractivity contribution in [3.05, 3.63) is 0 Å². The molecule has 0 aromatic carbocycles. The van der Waals surface area contributed by atoms with Crippen molar-refractivity contribution in [2.45, 2.75) is 25.3 Å². The largest absolute Gasteiger partial charge is 0.481 e. The second-order valence-electron chi connectivity index (χ2n) is 5.14. The molecule has 1 heterocycles. The van der Waals surface area contributed by atoms with Crippen molar-refractivity contribution in [1.29, 1.82) is 0 Å². The molecule has 0 saturated carbocycles. The number of nitrogens with zero attached hydrogens (tertiary/aromatic N) is 3. The maximum absolute atomic E-state index is 12.4. The highest BCUT2D eigenvalue weighted by atomic mass is 32.2. The van der Waals surface area contributed by atoms with Gasteiger partial charge < -0.3 is 10.0 Å². The van der Waals surface area contributed by atoms with E-state index in [1.807, 2.05) is 19.0 Å². The minimum absolute atomic E-state index is 0.00283. The predicted octanol–water partition coefficient (Wildman–Crippen LogP) is -0.336. The van der Waals surface area contributed by atoms with Crippen molar-refractivity contribution >= 4 is 16.2 Å². The third-order valence-corrected chi connectivity index (χ3v) is 5.27. The fourth-order valence-corrected chi connectivity index (χ4v) is 3.85. The van der Waals surface area contributed by atoms with Gasteiger partial charge in [0.05, 0.1) is 6.42 Å². The van der Waals surface area contributed by atoms with Crippen molar-refractivity contribution in [2.75, 3.05) is 40.8 Å². The molecular formula is C11H23N3O4S. The Hall–Kier alpha value is -0.700. The van der Waals surface area contributed by atoms with Gasteiger partial charge in [-0.2, -0.15) is 17.0 Å². The first-order chi connectivity index (χ1) is 8.75. The summed E-state index contributed by atoms with van der Waals surface area (Å²) in [6.07, 6.45) is 1.52. The second kappa shape index (κ2) is 6.65. The van der Waals surface area contributed by atoms with Crippen LogP contribution in [0.25, 0.3) is 0 Å². The Labute approximate surface area is 115 Å². The molecule has 112 valence electrons. The van der Waals surface area contributed by atoms with Crippen LogP contribution in [0, 0.1) is 0 Å². The summed E-state index contributed by atoms with van der Waals surface area (Å²) >= 11 is 0. The maximum Gasteiger partial charge on any atom is 0.304 e. The molecule has 1 rings (SSSR count). The molecule has 0 radical (unpaired) electrons. The molecule has 1 aliphatic rings. The van der Waals surface area contributed by atoms with E-state index in [2.05, 4.69) is 0 Å². The summed E-state index contributed by atoms with van der Waals surface area (Å²) < 4.78 is 27.4. The average molecular weight is 293 g/mol. The number of rotatable bonds is 7. The van der Waals surface area contributed by atoms with Crippen molar-refractivity contribution in [3.63, 3.8) is 0 Å². The molecule has 0 spiro atoms.